The van der Waals surface area contributed by atoms with Crippen LogP contribution in [0.3, 0.4) is 0 Å². The van der Waals surface area contributed by atoms with Crippen molar-refractivity contribution in [1.82, 2.24) is 15.1 Å². The van der Waals surface area contributed by atoms with E-state index >= 15 is 0 Å². The summed E-state index contributed by atoms with van der Waals surface area (Å²) < 4.78 is 20.5. The number of hydrogen-bond donors (Lipinski definition) is 1. The van der Waals surface area contributed by atoms with Gasteiger partial charge in [-0.3, -0.25) is 9.48 Å². The number of benzene rings is 1. The van der Waals surface area contributed by atoms with Crippen LogP contribution >= 0.6 is 0 Å². The predicted molar refractivity (Wildman–Crippen MR) is 86.0 cm³/mol. The Morgan fingerprint density at radius 1 is 1.30 bits per heavy atom. The Morgan fingerprint density at radius 3 is 2.70 bits per heavy atom. The maximum Gasteiger partial charge on any atom is 0.221 e. The number of nitrogens with zero attached hydrogens (tertiary/aromatic N) is 2. The van der Waals surface area contributed by atoms with Crippen LogP contribution in [-0.2, 0) is 11.3 Å². The average Bonchev–Trinajstić information content (AvgIpc) is 2.78. The van der Waals surface area contributed by atoms with E-state index < -0.39 is 5.82 Å². The molecule has 0 spiro atoms. The molecule has 0 aliphatic heterocycles. The Morgan fingerprint density at radius 2 is 2.04 bits per heavy atom. The maximum atomic E-state index is 13.3. The van der Waals surface area contributed by atoms with Gasteiger partial charge in [-0.2, -0.15) is 5.10 Å². The molecule has 0 aliphatic rings. The Bertz CT molecular complexity index is 682. The van der Waals surface area contributed by atoms with Crippen LogP contribution < -0.4 is 10.1 Å². The van der Waals surface area contributed by atoms with E-state index in [1.807, 2.05) is 25.5 Å². The first-order chi connectivity index (χ1) is 11.0. The van der Waals surface area contributed by atoms with Gasteiger partial charge in [-0.1, -0.05) is 12.1 Å². The predicted octanol–water partition coefficient (Wildman–Crippen LogP) is 2.53. The summed E-state index contributed by atoms with van der Waals surface area (Å²) in [6.07, 6.45) is 0.348. The lowest BCUT2D eigenvalue weighted by Crippen LogP contribution is -2.29. The van der Waals surface area contributed by atoms with E-state index in [-0.39, 0.29) is 18.3 Å². The van der Waals surface area contributed by atoms with Crippen molar-refractivity contribution < 1.29 is 13.9 Å². The van der Waals surface area contributed by atoms with Gasteiger partial charge in [-0.05, 0) is 38.5 Å². The standard InChI is InChI=1S/C17H22FN3O2/c1-12-13(2)20-21(14(12)3)10-8-17(22)19-9-11-23-16-7-5-4-6-15(16)18/h4-7H,8-11H2,1-3H3,(H,19,22). The van der Waals surface area contributed by atoms with Gasteiger partial charge in [-0.25, -0.2) is 4.39 Å². The summed E-state index contributed by atoms with van der Waals surface area (Å²) in [6.45, 7) is 7.08. The number of aryl methyl sites for hydroxylation is 2. The lowest BCUT2D eigenvalue weighted by molar-refractivity contribution is -0.121. The summed E-state index contributed by atoms with van der Waals surface area (Å²) >= 11 is 0. The lowest BCUT2D eigenvalue weighted by atomic mass is 10.2. The molecule has 1 amide bonds. The fourth-order valence-corrected chi connectivity index (χ4v) is 2.21. The second kappa shape index (κ2) is 7.76. The third-order valence-electron chi connectivity index (χ3n) is 3.81. The normalized spacial score (nSPS) is 10.6. The second-order valence-electron chi connectivity index (χ2n) is 5.40. The van der Waals surface area contributed by atoms with Crippen LogP contribution in [0, 0.1) is 26.6 Å². The number of para-hydroxylation sites is 1. The minimum Gasteiger partial charge on any atom is -0.489 e. The van der Waals surface area contributed by atoms with Gasteiger partial charge < -0.3 is 10.1 Å². The molecule has 1 aromatic heterocycles. The molecule has 0 saturated heterocycles. The van der Waals surface area contributed by atoms with Gasteiger partial charge in [0.2, 0.25) is 5.91 Å². The number of halogens is 1. The number of rotatable bonds is 7. The smallest absolute Gasteiger partial charge is 0.221 e. The zero-order valence-electron chi connectivity index (χ0n) is 13.7. The van der Waals surface area contributed by atoms with E-state index in [2.05, 4.69) is 10.4 Å². The molecule has 2 aromatic rings. The van der Waals surface area contributed by atoms with Crippen LogP contribution in [0.5, 0.6) is 5.75 Å². The highest BCUT2D eigenvalue weighted by atomic mass is 19.1. The Kier molecular flexibility index (Phi) is 5.73. The molecular formula is C17H22FN3O2. The van der Waals surface area contributed by atoms with Crippen molar-refractivity contribution in [3.8, 4) is 5.75 Å². The lowest BCUT2D eigenvalue weighted by Gasteiger charge is -2.09. The van der Waals surface area contributed by atoms with Crippen molar-refractivity contribution in [3.63, 3.8) is 0 Å². The van der Waals surface area contributed by atoms with Gasteiger partial charge in [0.1, 0.15) is 6.61 Å². The fraction of sp³-hybridized carbons (Fsp3) is 0.412. The van der Waals surface area contributed by atoms with E-state index in [4.69, 9.17) is 4.74 Å². The highest BCUT2D eigenvalue weighted by Crippen LogP contribution is 2.14. The highest BCUT2D eigenvalue weighted by molar-refractivity contribution is 5.75. The molecule has 124 valence electrons. The number of amides is 1. The third-order valence-corrected chi connectivity index (χ3v) is 3.81. The quantitative estimate of drug-likeness (QED) is 0.798. The van der Waals surface area contributed by atoms with Crippen LogP contribution in [0.2, 0.25) is 0 Å². The van der Waals surface area contributed by atoms with Gasteiger partial charge in [0.05, 0.1) is 12.2 Å². The molecule has 23 heavy (non-hydrogen) atoms. The Hall–Kier alpha value is -2.37. The molecule has 0 unspecified atom stereocenters. The largest absolute Gasteiger partial charge is 0.489 e. The van der Waals surface area contributed by atoms with Crippen molar-refractivity contribution in [2.75, 3.05) is 13.2 Å². The highest BCUT2D eigenvalue weighted by Gasteiger charge is 2.09. The second-order valence-corrected chi connectivity index (χ2v) is 5.40. The van der Waals surface area contributed by atoms with Crippen LogP contribution in [0.15, 0.2) is 24.3 Å². The number of carbonyl (C=O) groups excluding carboxylic acids is 1. The molecule has 2 rings (SSSR count). The van der Waals surface area contributed by atoms with E-state index in [1.54, 1.807) is 18.2 Å². The van der Waals surface area contributed by atoms with E-state index in [1.165, 1.54) is 6.07 Å². The summed E-state index contributed by atoms with van der Waals surface area (Å²) in [4.78, 5) is 11.8. The van der Waals surface area contributed by atoms with Gasteiger partial charge in [0.15, 0.2) is 11.6 Å². The molecule has 0 radical (unpaired) electrons. The number of carbonyl (C=O) groups is 1. The Labute approximate surface area is 135 Å². The monoisotopic (exact) mass is 319 g/mol. The Balaban J connectivity index is 1.69. The molecule has 1 N–H and O–H groups in total. The average molecular weight is 319 g/mol. The number of hydrogen-bond acceptors (Lipinski definition) is 3. The van der Waals surface area contributed by atoms with Crippen LogP contribution in [0.25, 0.3) is 0 Å². The number of ether oxygens (including phenoxy) is 1. The van der Waals surface area contributed by atoms with Crippen LogP contribution in [-0.4, -0.2) is 28.8 Å². The fourth-order valence-electron chi connectivity index (χ4n) is 2.21. The van der Waals surface area contributed by atoms with Gasteiger partial charge in [0, 0.05) is 18.7 Å². The van der Waals surface area contributed by atoms with E-state index in [0.29, 0.717) is 19.5 Å². The maximum absolute atomic E-state index is 13.3. The van der Waals surface area contributed by atoms with Crippen molar-refractivity contribution in [3.05, 3.63) is 47.0 Å². The topological polar surface area (TPSA) is 56.2 Å². The summed E-state index contributed by atoms with van der Waals surface area (Å²) in [5, 5.41) is 7.15. The molecule has 5 nitrogen and oxygen atoms in total. The van der Waals surface area contributed by atoms with Gasteiger partial charge in [-0.15, -0.1) is 0 Å². The molecule has 1 heterocycles. The SMILES string of the molecule is Cc1nn(CCC(=O)NCCOc2ccccc2F)c(C)c1C. The van der Waals surface area contributed by atoms with Crippen molar-refractivity contribution in [2.45, 2.75) is 33.7 Å². The molecule has 0 aliphatic carbocycles. The number of aromatic nitrogens is 2. The molecule has 0 fully saturated rings. The van der Waals surface area contributed by atoms with E-state index in [0.717, 1.165) is 17.0 Å². The van der Waals surface area contributed by atoms with Crippen molar-refractivity contribution in [2.24, 2.45) is 0 Å². The minimum atomic E-state index is -0.404. The van der Waals surface area contributed by atoms with E-state index in [9.17, 15) is 9.18 Å². The summed E-state index contributed by atoms with van der Waals surface area (Å²) in [5.41, 5.74) is 3.23. The first-order valence-corrected chi connectivity index (χ1v) is 7.63. The molecule has 6 heteroatoms. The molecule has 0 atom stereocenters. The van der Waals surface area contributed by atoms with Gasteiger partial charge >= 0.3 is 0 Å². The summed E-state index contributed by atoms with van der Waals surface area (Å²) in [7, 11) is 0. The van der Waals surface area contributed by atoms with Crippen LogP contribution in [0.1, 0.15) is 23.4 Å². The van der Waals surface area contributed by atoms with Crippen molar-refractivity contribution in [1.29, 1.82) is 0 Å². The molecule has 1 aromatic carbocycles. The van der Waals surface area contributed by atoms with Crippen LogP contribution in [0.4, 0.5) is 4.39 Å². The number of nitrogens with one attached hydrogen (secondary N) is 1. The first-order valence-electron chi connectivity index (χ1n) is 7.63. The van der Waals surface area contributed by atoms with Crippen molar-refractivity contribution >= 4 is 5.91 Å². The summed E-state index contributed by atoms with van der Waals surface area (Å²) in [6, 6.07) is 6.20. The molecular weight excluding hydrogens is 297 g/mol. The first kappa shape index (κ1) is 17.0. The third kappa shape index (κ3) is 4.55. The zero-order valence-corrected chi connectivity index (χ0v) is 13.7. The zero-order chi connectivity index (χ0) is 16.8. The molecule has 0 saturated carbocycles. The minimum absolute atomic E-state index is 0.0765. The van der Waals surface area contributed by atoms with Gasteiger partial charge in [0.25, 0.3) is 0 Å². The summed E-state index contributed by atoms with van der Waals surface area (Å²) in [5.74, 6) is -0.286. The molecule has 0 bridgehead atoms.